The highest BCUT2D eigenvalue weighted by molar-refractivity contribution is 7.92. The van der Waals surface area contributed by atoms with Gasteiger partial charge in [0.1, 0.15) is 11.2 Å². The van der Waals surface area contributed by atoms with Crippen LogP contribution in [0.1, 0.15) is 99.9 Å². The molecule has 0 amide bonds. The van der Waals surface area contributed by atoms with Crippen molar-refractivity contribution in [2.45, 2.75) is 86.8 Å². The lowest BCUT2D eigenvalue weighted by molar-refractivity contribution is 0.594. The fraction of sp³-hybridized carbons (Fsp3) is 0.182. The van der Waals surface area contributed by atoms with Gasteiger partial charge in [0, 0.05) is 66.2 Å². The molecule has 0 radical (unpaired) electrons. The Morgan fingerprint density at radius 2 is 0.944 bits per heavy atom. The summed E-state index contributed by atoms with van der Waals surface area (Å²) in [6, 6.07) is 58.7. The van der Waals surface area contributed by atoms with E-state index in [1.807, 2.05) is 24.3 Å². The Morgan fingerprint density at radius 1 is 0.380 bits per heavy atom. The number of rotatable bonds is 3. The van der Waals surface area contributed by atoms with Gasteiger partial charge in [-0.2, -0.15) is 0 Å². The molecule has 10 aromatic rings. The number of para-hydroxylation sites is 2. The molecule has 344 valence electrons. The molecule has 5 aliphatic rings. The van der Waals surface area contributed by atoms with Gasteiger partial charge in [-0.15, -0.1) is 0 Å². The molecule has 5 heteroatoms. The molecule has 1 aromatic heterocycles. The molecule has 0 spiro atoms. The van der Waals surface area contributed by atoms with Gasteiger partial charge >= 0.3 is 0 Å². The lowest BCUT2D eigenvalue weighted by Crippen LogP contribution is -2.25. The summed E-state index contributed by atoms with van der Waals surface area (Å²) >= 11 is 0. The van der Waals surface area contributed by atoms with Crippen LogP contribution in [0, 0.1) is 0 Å². The van der Waals surface area contributed by atoms with E-state index < -0.39 is 20.7 Å². The molecule has 0 unspecified atom stereocenters. The Kier molecular flexibility index (Phi) is 7.61. The highest BCUT2D eigenvalue weighted by Gasteiger charge is 2.53. The van der Waals surface area contributed by atoms with Gasteiger partial charge in [-0.1, -0.05) is 152 Å². The number of nitrogens with zero attached hydrogens (tertiary/aromatic N) is 1. The van der Waals surface area contributed by atoms with Gasteiger partial charge in [0.25, 0.3) is 0 Å². The van der Waals surface area contributed by atoms with Gasteiger partial charge in [0.15, 0.2) is 0 Å². The summed E-state index contributed by atoms with van der Waals surface area (Å²) in [5, 5.41) is 2.37. The van der Waals surface area contributed by atoms with E-state index in [2.05, 4.69) is 194 Å². The minimum atomic E-state index is -3.82. The lowest BCUT2D eigenvalue weighted by Gasteiger charge is -2.32. The standard InChI is InChI=1S/C66H51NO3S/c1-63(2)47-30-31-53-56(42-21-13-16-24-52(42)70-53)55(47)45-35-50-44(34-51(45)63)39-28-26-37(32-48(39)64(50,3)4)67(36-18-10-9-11-19-36)38-27-29-41-49(33-38)66(7,8)60-57(41)58-43-22-14-17-25-54(43)71(68,69)62(58)59-40-20-12-15-23-46(40)65(5,6)61(59)60/h9-35H,1-8H3. The molecule has 0 atom stereocenters. The number of anilines is 3. The van der Waals surface area contributed by atoms with Crippen molar-refractivity contribution in [2.24, 2.45) is 0 Å². The zero-order chi connectivity index (χ0) is 48.5. The highest BCUT2D eigenvalue weighted by atomic mass is 32.2. The van der Waals surface area contributed by atoms with Crippen molar-refractivity contribution in [1.29, 1.82) is 0 Å². The summed E-state index contributed by atoms with van der Waals surface area (Å²) in [4.78, 5) is 3.27. The van der Waals surface area contributed by atoms with Gasteiger partial charge in [0.05, 0.1) is 9.79 Å². The van der Waals surface area contributed by atoms with Gasteiger partial charge in [0.2, 0.25) is 9.84 Å². The summed E-state index contributed by atoms with van der Waals surface area (Å²) in [6.45, 7) is 18.8. The van der Waals surface area contributed by atoms with Crippen LogP contribution >= 0.6 is 0 Å². The van der Waals surface area contributed by atoms with Gasteiger partial charge in [-0.05, 0) is 150 Å². The third-order valence-electron chi connectivity index (χ3n) is 17.7. The summed E-state index contributed by atoms with van der Waals surface area (Å²) in [6.07, 6.45) is 0. The van der Waals surface area contributed by atoms with E-state index in [4.69, 9.17) is 4.42 Å². The molecule has 4 nitrogen and oxygen atoms in total. The number of fused-ring (bicyclic) bond motifs is 22. The molecule has 4 aliphatic carbocycles. The molecule has 0 N–H and O–H groups in total. The number of hydrogen-bond acceptors (Lipinski definition) is 4. The predicted molar refractivity (Wildman–Crippen MR) is 290 cm³/mol. The monoisotopic (exact) mass is 937 g/mol. The first kappa shape index (κ1) is 41.3. The van der Waals surface area contributed by atoms with Gasteiger partial charge in [-0.3, -0.25) is 0 Å². The number of hydrogen-bond donors (Lipinski definition) is 0. The average molecular weight is 938 g/mol. The maximum Gasteiger partial charge on any atom is 0.208 e. The Balaban J connectivity index is 0.911. The van der Waals surface area contributed by atoms with E-state index in [-0.39, 0.29) is 10.8 Å². The average Bonchev–Trinajstić information content (AvgIpc) is 4.11. The molecule has 15 rings (SSSR count). The van der Waals surface area contributed by atoms with Gasteiger partial charge in [-0.25, -0.2) is 8.42 Å². The maximum absolute atomic E-state index is 15.0. The van der Waals surface area contributed by atoms with Crippen molar-refractivity contribution in [3.8, 4) is 55.6 Å². The molecule has 2 heterocycles. The third-order valence-corrected chi connectivity index (χ3v) is 19.6. The molecule has 0 saturated heterocycles. The highest BCUT2D eigenvalue weighted by Crippen LogP contribution is 2.67. The lowest BCUT2D eigenvalue weighted by atomic mass is 9.71. The van der Waals surface area contributed by atoms with Gasteiger partial charge < -0.3 is 9.32 Å². The fourth-order valence-corrected chi connectivity index (χ4v) is 16.3. The van der Waals surface area contributed by atoms with Crippen LogP contribution in [0.25, 0.3) is 77.6 Å². The Bertz CT molecular complexity index is 4240. The molecule has 0 fully saturated rings. The summed E-state index contributed by atoms with van der Waals surface area (Å²) in [5.74, 6) is 0. The molecule has 0 saturated carbocycles. The van der Waals surface area contributed by atoms with E-state index in [0.717, 1.165) is 72.6 Å². The van der Waals surface area contributed by atoms with Crippen LogP contribution in [-0.2, 0) is 31.5 Å². The maximum atomic E-state index is 15.0. The second-order valence-electron chi connectivity index (χ2n) is 22.8. The van der Waals surface area contributed by atoms with E-state index in [9.17, 15) is 8.42 Å². The number of sulfone groups is 1. The normalized spacial score (nSPS) is 17.4. The van der Waals surface area contributed by atoms with Crippen molar-refractivity contribution in [1.82, 2.24) is 0 Å². The first-order chi connectivity index (χ1) is 34.0. The third kappa shape index (κ3) is 4.89. The number of furan rings is 1. The Morgan fingerprint density at radius 3 is 1.72 bits per heavy atom. The summed E-state index contributed by atoms with van der Waals surface area (Å²) in [5.41, 5.74) is 24.7. The molecule has 0 bridgehead atoms. The molecule has 71 heavy (non-hydrogen) atoms. The Hall–Kier alpha value is -7.47. The zero-order valence-electron chi connectivity index (χ0n) is 41.2. The van der Waals surface area contributed by atoms with Crippen molar-refractivity contribution in [3.63, 3.8) is 0 Å². The SMILES string of the molecule is CC1(C)c2cc(N(c3ccccc3)c3ccc4c(c3)C(C)(C)c3c-4c4c(c5c3C(C)(C)c3ccccc3-5)S(=O)(=O)c3ccccc3-4)ccc2-c2cc3c(cc21)-c1c(ccc2oc4ccccc4c12)C3(C)C. The van der Waals surface area contributed by atoms with E-state index in [1.165, 1.54) is 66.6 Å². The quantitative estimate of drug-likeness (QED) is 0.177. The second kappa shape index (κ2) is 13.1. The minimum Gasteiger partial charge on any atom is -0.456 e. The van der Waals surface area contributed by atoms with Crippen LogP contribution < -0.4 is 4.90 Å². The summed E-state index contributed by atoms with van der Waals surface area (Å²) in [7, 11) is -3.82. The van der Waals surface area contributed by atoms with Crippen LogP contribution in [-0.4, -0.2) is 8.42 Å². The topological polar surface area (TPSA) is 50.5 Å². The van der Waals surface area contributed by atoms with E-state index >= 15 is 0 Å². The number of benzene rings is 9. The predicted octanol–water partition coefficient (Wildman–Crippen LogP) is 17.1. The van der Waals surface area contributed by atoms with Crippen LogP contribution in [0.15, 0.2) is 178 Å². The minimum absolute atomic E-state index is 0.193. The van der Waals surface area contributed by atoms with Crippen molar-refractivity contribution in [2.75, 3.05) is 4.90 Å². The van der Waals surface area contributed by atoms with Crippen molar-refractivity contribution in [3.05, 3.63) is 208 Å². The smallest absolute Gasteiger partial charge is 0.208 e. The van der Waals surface area contributed by atoms with Crippen molar-refractivity contribution >= 4 is 48.8 Å². The first-order valence-corrected chi connectivity index (χ1v) is 26.5. The van der Waals surface area contributed by atoms with E-state index in [1.54, 1.807) is 6.07 Å². The Labute approximate surface area is 415 Å². The largest absolute Gasteiger partial charge is 0.456 e. The van der Waals surface area contributed by atoms with Crippen LogP contribution in [0.3, 0.4) is 0 Å². The van der Waals surface area contributed by atoms with E-state index in [0.29, 0.717) is 9.79 Å². The summed E-state index contributed by atoms with van der Waals surface area (Å²) < 4.78 is 36.4. The molecule has 1 aliphatic heterocycles. The fourth-order valence-electron chi connectivity index (χ4n) is 14.4. The molecule has 9 aromatic carbocycles. The van der Waals surface area contributed by atoms with Crippen LogP contribution in [0.4, 0.5) is 17.1 Å². The first-order valence-electron chi connectivity index (χ1n) is 25.0. The van der Waals surface area contributed by atoms with Crippen LogP contribution in [0.2, 0.25) is 0 Å². The zero-order valence-corrected chi connectivity index (χ0v) is 42.0. The molecular formula is C66H51NO3S. The van der Waals surface area contributed by atoms with Crippen molar-refractivity contribution < 1.29 is 12.8 Å². The molecular weight excluding hydrogens is 887 g/mol. The van der Waals surface area contributed by atoms with Crippen LogP contribution in [0.5, 0.6) is 0 Å². The second-order valence-corrected chi connectivity index (χ2v) is 24.6.